The van der Waals surface area contributed by atoms with Crippen LogP contribution in [-0.2, 0) is 14.9 Å². The molecule has 10 nitrogen and oxygen atoms in total. The molecule has 3 aromatic rings. The number of anilines is 1. The number of nitrogens with one attached hydrogen (secondary N) is 1. The fraction of sp³-hybridized carbons (Fsp3) is 0.192. The van der Waals surface area contributed by atoms with Crippen LogP contribution in [0.15, 0.2) is 65.6 Å². The summed E-state index contributed by atoms with van der Waals surface area (Å²) in [6.45, 7) is 0. The zero-order valence-electron chi connectivity index (χ0n) is 20.9. The van der Waals surface area contributed by atoms with Gasteiger partial charge in [0.15, 0.2) is 11.5 Å². The molecule has 0 aliphatic carbocycles. The summed E-state index contributed by atoms with van der Waals surface area (Å²) in [6, 6.07) is 13.4. The first-order valence-corrected chi connectivity index (χ1v) is 12.2. The van der Waals surface area contributed by atoms with E-state index < -0.39 is 16.0 Å². The Morgan fingerprint density at radius 2 is 1.30 bits per heavy atom. The largest absolute Gasteiger partial charge is 0.497 e. The van der Waals surface area contributed by atoms with Crippen LogP contribution in [0.5, 0.6) is 34.5 Å². The van der Waals surface area contributed by atoms with E-state index in [4.69, 9.17) is 27.9 Å². The first kappa shape index (κ1) is 27.2. The van der Waals surface area contributed by atoms with Crippen molar-refractivity contribution in [2.45, 2.75) is 4.90 Å². The lowest BCUT2D eigenvalue weighted by molar-refractivity contribution is -0.111. The third kappa shape index (κ3) is 6.64. The zero-order chi connectivity index (χ0) is 27.0. The van der Waals surface area contributed by atoms with E-state index in [2.05, 4.69) is 5.32 Å². The van der Waals surface area contributed by atoms with Crippen LogP contribution in [0.4, 0.5) is 5.69 Å². The van der Waals surface area contributed by atoms with Gasteiger partial charge in [0, 0.05) is 30.0 Å². The molecule has 11 heteroatoms. The normalized spacial score (nSPS) is 11.1. The van der Waals surface area contributed by atoms with Crippen molar-refractivity contribution < 1.29 is 41.1 Å². The van der Waals surface area contributed by atoms with Crippen LogP contribution < -0.4 is 33.2 Å². The number of carbonyl (C=O) groups excluding carboxylic acids is 1. The molecule has 0 heterocycles. The minimum absolute atomic E-state index is 0.0740. The first-order valence-electron chi connectivity index (χ1n) is 10.8. The Morgan fingerprint density at radius 3 is 1.84 bits per heavy atom. The van der Waals surface area contributed by atoms with Crippen molar-refractivity contribution in [1.82, 2.24) is 0 Å². The molecule has 0 aliphatic heterocycles. The van der Waals surface area contributed by atoms with Crippen molar-refractivity contribution in [2.24, 2.45) is 0 Å². The smallest absolute Gasteiger partial charge is 0.339 e. The predicted octanol–water partition coefficient (Wildman–Crippen LogP) is 4.15. The van der Waals surface area contributed by atoms with Gasteiger partial charge in [-0.1, -0.05) is 0 Å². The summed E-state index contributed by atoms with van der Waals surface area (Å²) in [5.74, 6) is 1.50. The van der Waals surface area contributed by atoms with Crippen LogP contribution in [0.25, 0.3) is 6.08 Å². The monoisotopic (exact) mass is 529 g/mol. The Morgan fingerprint density at radius 1 is 0.703 bits per heavy atom. The number of carbonyl (C=O) groups is 1. The second-order valence-corrected chi connectivity index (χ2v) is 8.89. The number of hydrogen-bond donors (Lipinski definition) is 1. The molecule has 0 saturated carbocycles. The highest BCUT2D eigenvalue weighted by Gasteiger charge is 2.20. The molecular weight excluding hydrogens is 502 g/mol. The van der Waals surface area contributed by atoms with E-state index in [0.717, 1.165) is 0 Å². The molecule has 0 spiro atoms. The van der Waals surface area contributed by atoms with Gasteiger partial charge in [-0.2, -0.15) is 8.42 Å². The van der Waals surface area contributed by atoms with Gasteiger partial charge in [-0.05, 0) is 42.5 Å². The third-order valence-electron chi connectivity index (χ3n) is 5.13. The Bertz CT molecular complexity index is 1360. The SMILES string of the molecule is COc1ccc(S(=O)(=O)Oc2cc(NC(=O)/C=C/c3c(OC)cc(OC)cc3OC)ccc2OC)cc1. The Labute approximate surface area is 215 Å². The molecule has 37 heavy (non-hydrogen) atoms. The van der Waals surface area contributed by atoms with E-state index in [1.807, 2.05) is 0 Å². The zero-order valence-corrected chi connectivity index (χ0v) is 21.7. The van der Waals surface area contributed by atoms with E-state index in [1.54, 1.807) is 18.2 Å². The van der Waals surface area contributed by atoms with Crippen molar-refractivity contribution >= 4 is 27.8 Å². The lowest BCUT2D eigenvalue weighted by Crippen LogP contribution is -2.12. The number of methoxy groups -OCH3 is 5. The van der Waals surface area contributed by atoms with E-state index in [9.17, 15) is 13.2 Å². The van der Waals surface area contributed by atoms with Gasteiger partial charge in [-0.3, -0.25) is 4.79 Å². The van der Waals surface area contributed by atoms with Gasteiger partial charge in [-0.15, -0.1) is 0 Å². The Hall–Kier alpha value is -4.38. The molecule has 3 rings (SSSR count). The van der Waals surface area contributed by atoms with Crippen molar-refractivity contribution in [3.8, 4) is 34.5 Å². The molecule has 0 bridgehead atoms. The Kier molecular flexibility index (Phi) is 8.86. The van der Waals surface area contributed by atoms with Crippen LogP contribution in [0.3, 0.4) is 0 Å². The predicted molar refractivity (Wildman–Crippen MR) is 138 cm³/mol. The average molecular weight is 530 g/mol. The average Bonchev–Trinajstić information content (AvgIpc) is 2.91. The molecule has 1 amide bonds. The molecule has 0 aromatic heterocycles. The van der Waals surface area contributed by atoms with E-state index >= 15 is 0 Å². The first-order chi connectivity index (χ1) is 17.7. The van der Waals surface area contributed by atoms with Crippen molar-refractivity contribution in [2.75, 3.05) is 40.9 Å². The highest BCUT2D eigenvalue weighted by Crippen LogP contribution is 2.35. The second kappa shape index (κ2) is 12.0. The fourth-order valence-electron chi connectivity index (χ4n) is 3.27. The summed E-state index contributed by atoms with van der Waals surface area (Å²) in [6.07, 6.45) is 2.81. The number of rotatable bonds is 11. The molecule has 0 aliphatic rings. The highest BCUT2D eigenvalue weighted by atomic mass is 32.2. The summed E-state index contributed by atoms with van der Waals surface area (Å²) in [4.78, 5) is 12.6. The van der Waals surface area contributed by atoms with Crippen molar-refractivity contribution in [3.05, 3.63) is 66.2 Å². The summed E-state index contributed by atoms with van der Waals surface area (Å²) in [7, 11) is 3.17. The molecule has 3 aromatic carbocycles. The lowest BCUT2D eigenvalue weighted by Gasteiger charge is -2.13. The maximum atomic E-state index is 12.8. The van der Waals surface area contributed by atoms with Crippen molar-refractivity contribution in [3.63, 3.8) is 0 Å². The van der Waals surface area contributed by atoms with Crippen LogP contribution >= 0.6 is 0 Å². The van der Waals surface area contributed by atoms with Gasteiger partial charge in [0.25, 0.3) is 0 Å². The molecule has 196 valence electrons. The van der Waals surface area contributed by atoms with E-state index in [1.165, 1.54) is 84.1 Å². The molecule has 0 atom stereocenters. The van der Waals surface area contributed by atoms with Gasteiger partial charge < -0.3 is 33.2 Å². The summed E-state index contributed by atoms with van der Waals surface area (Å²) in [5.41, 5.74) is 0.814. The number of hydrogen-bond acceptors (Lipinski definition) is 9. The van der Waals surface area contributed by atoms with E-state index in [0.29, 0.717) is 28.6 Å². The highest BCUT2D eigenvalue weighted by molar-refractivity contribution is 7.87. The van der Waals surface area contributed by atoms with Gasteiger partial charge in [-0.25, -0.2) is 0 Å². The van der Waals surface area contributed by atoms with Gasteiger partial charge in [0.1, 0.15) is 27.9 Å². The third-order valence-corrected chi connectivity index (χ3v) is 6.38. The molecular formula is C26H27NO9S. The van der Waals surface area contributed by atoms with Crippen LogP contribution in [0, 0.1) is 0 Å². The molecule has 0 radical (unpaired) electrons. The van der Waals surface area contributed by atoms with Crippen LogP contribution in [0.2, 0.25) is 0 Å². The maximum Gasteiger partial charge on any atom is 0.339 e. The summed E-state index contributed by atoms with van der Waals surface area (Å²) < 4.78 is 57.1. The van der Waals surface area contributed by atoms with Crippen LogP contribution in [0.1, 0.15) is 5.56 Å². The number of amides is 1. The second-order valence-electron chi connectivity index (χ2n) is 7.35. The minimum atomic E-state index is -4.18. The molecule has 1 N–H and O–H groups in total. The maximum absolute atomic E-state index is 12.8. The standard InChI is InChI=1S/C26H27NO9S/c1-31-18-7-9-20(10-8-18)37(29,30)36-25-14-17(6-12-22(25)33-3)27-26(28)13-11-21-23(34-4)15-19(32-2)16-24(21)35-5/h6-16H,1-5H3,(H,27,28)/b13-11+. The molecule has 0 saturated heterocycles. The van der Waals surface area contributed by atoms with Gasteiger partial charge >= 0.3 is 10.1 Å². The minimum Gasteiger partial charge on any atom is -0.497 e. The topological polar surface area (TPSA) is 119 Å². The fourth-order valence-corrected chi connectivity index (χ4v) is 4.20. The van der Waals surface area contributed by atoms with Crippen molar-refractivity contribution in [1.29, 1.82) is 0 Å². The van der Waals surface area contributed by atoms with Gasteiger partial charge in [0.2, 0.25) is 5.91 Å². The van der Waals surface area contributed by atoms with Gasteiger partial charge in [0.05, 0.1) is 41.1 Å². The summed E-state index contributed by atoms with van der Waals surface area (Å²) in [5, 5.41) is 2.66. The lowest BCUT2D eigenvalue weighted by atomic mass is 10.1. The Balaban J connectivity index is 1.82. The molecule has 0 unspecified atom stereocenters. The molecule has 0 fully saturated rings. The number of ether oxygens (including phenoxy) is 5. The number of benzene rings is 3. The summed E-state index contributed by atoms with van der Waals surface area (Å²) >= 11 is 0. The quantitative estimate of drug-likeness (QED) is 0.289. The van der Waals surface area contributed by atoms with E-state index in [-0.39, 0.29) is 22.1 Å². The van der Waals surface area contributed by atoms with Crippen LogP contribution in [-0.4, -0.2) is 49.9 Å².